The number of hydrogen-bond acceptors (Lipinski definition) is 6. The van der Waals surface area contributed by atoms with E-state index in [1.807, 2.05) is 20.0 Å². The van der Waals surface area contributed by atoms with Crippen molar-refractivity contribution >= 4 is 12.3 Å². The van der Waals surface area contributed by atoms with E-state index in [2.05, 4.69) is 11.0 Å². The van der Waals surface area contributed by atoms with Gasteiger partial charge in [-0.1, -0.05) is 0 Å². The number of hydrazine groups is 2. The van der Waals surface area contributed by atoms with Crippen molar-refractivity contribution in [1.82, 2.24) is 16.0 Å². The van der Waals surface area contributed by atoms with Crippen LogP contribution in [0, 0.1) is 0 Å². The normalized spacial score (nSPS) is 14.4. The molecule has 0 aromatic rings. The molecule has 18 heavy (non-hydrogen) atoms. The number of rotatable bonds is 8. The van der Waals surface area contributed by atoms with Gasteiger partial charge in [-0.15, -0.1) is 5.53 Å². The molecule has 0 aromatic heterocycles. The van der Waals surface area contributed by atoms with Crippen LogP contribution in [-0.2, 0) is 14.3 Å². The molecule has 6 nitrogen and oxygen atoms in total. The van der Waals surface area contributed by atoms with Gasteiger partial charge in [-0.2, -0.15) is 0 Å². The predicted octanol–water partition coefficient (Wildman–Crippen LogP) is 0.863. The second-order valence-electron chi connectivity index (χ2n) is 4.46. The summed E-state index contributed by atoms with van der Waals surface area (Å²) in [6.45, 7) is 4.01. The number of aldehydes is 1. The van der Waals surface area contributed by atoms with Crippen molar-refractivity contribution in [1.29, 1.82) is 0 Å². The summed E-state index contributed by atoms with van der Waals surface area (Å²) in [5.74, 6) is -0.140. The van der Waals surface area contributed by atoms with Crippen LogP contribution in [0.5, 0.6) is 0 Å². The Labute approximate surface area is 107 Å². The molecule has 0 aromatic carbocycles. The lowest BCUT2D eigenvalue weighted by molar-refractivity contribution is -0.147. The molecule has 2 N–H and O–H groups in total. The van der Waals surface area contributed by atoms with Crippen LogP contribution >= 0.6 is 0 Å². The predicted molar refractivity (Wildman–Crippen MR) is 66.8 cm³/mol. The molecule has 1 aliphatic heterocycles. The van der Waals surface area contributed by atoms with Gasteiger partial charge < -0.3 is 15.0 Å². The van der Waals surface area contributed by atoms with Gasteiger partial charge in [0.1, 0.15) is 6.29 Å². The fourth-order valence-electron chi connectivity index (χ4n) is 1.61. The Hall–Kier alpha value is -1.56. The van der Waals surface area contributed by atoms with E-state index < -0.39 is 0 Å². The largest absolute Gasteiger partial charge is 0.463 e. The summed E-state index contributed by atoms with van der Waals surface area (Å²) in [4.78, 5) is 21.6. The highest BCUT2D eigenvalue weighted by atomic mass is 16.5. The van der Waals surface area contributed by atoms with Crippen LogP contribution in [0.2, 0.25) is 0 Å². The van der Waals surface area contributed by atoms with Crippen LogP contribution in [0.25, 0.3) is 0 Å². The first-order valence-corrected chi connectivity index (χ1v) is 6.24. The third kappa shape index (κ3) is 5.67. The summed E-state index contributed by atoms with van der Waals surface area (Å²) in [6.07, 6.45) is 5.66. The van der Waals surface area contributed by atoms with E-state index in [0.717, 1.165) is 31.2 Å². The molecule has 0 aliphatic carbocycles. The molecule has 6 heteroatoms. The second-order valence-corrected chi connectivity index (χ2v) is 4.46. The lowest BCUT2D eigenvalue weighted by Crippen LogP contribution is -2.37. The van der Waals surface area contributed by atoms with Gasteiger partial charge in [0, 0.05) is 18.3 Å². The van der Waals surface area contributed by atoms with Gasteiger partial charge in [0.05, 0.1) is 12.6 Å². The van der Waals surface area contributed by atoms with E-state index in [1.165, 1.54) is 0 Å². The fourth-order valence-corrected chi connectivity index (χ4v) is 1.61. The summed E-state index contributed by atoms with van der Waals surface area (Å²) >= 11 is 0. The molecular weight excluding hydrogens is 234 g/mol. The topological polar surface area (TPSA) is 70.7 Å². The average Bonchev–Trinajstić information content (AvgIpc) is 2.72. The van der Waals surface area contributed by atoms with Crippen molar-refractivity contribution in [2.45, 2.75) is 45.6 Å². The van der Waals surface area contributed by atoms with Crippen molar-refractivity contribution < 1.29 is 14.3 Å². The Bertz CT molecular complexity index is 316. The van der Waals surface area contributed by atoms with Gasteiger partial charge in [-0.3, -0.25) is 9.80 Å². The number of nitrogens with zero attached hydrogens (tertiary/aromatic N) is 1. The van der Waals surface area contributed by atoms with Crippen molar-refractivity contribution in [2.24, 2.45) is 0 Å². The smallest absolute Gasteiger partial charge is 0.306 e. The lowest BCUT2D eigenvalue weighted by atomic mass is 10.1. The minimum Gasteiger partial charge on any atom is -0.463 e. The Balaban J connectivity index is 2.10. The van der Waals surface area contributed by atoms with E-state index in [1.54, 1.807) is 5.01 Å². The quantitative estimate of drug-likeness (QED) is 0.381. The first-order chi connectivity index (χ1) is 8.61. The van der Waals surface area contributed by atoms with Crippen molar-refractivity contribution in [3.05, 3.63) is 11.9 Å². The molecule has 0 amide bonds. The highest BCUT2D eigenvalue weighted by Gasteiger charge is 2.10. The van der Waals surface area contributed by atoms with Crippen LogP contribution in [0.1, 0.15) is 39.5 Å². The van der Waals surface area contributed by atoms with E-state index in [-0.39, 0.29) is 12.1 Å². The lowest BCUT2D eigenvalue weighted by Gasteiger charge is -2.09. The summed E-state index contributed by atoms with van der Waals surface area (Å²) in [6, 6.07) is 0. The zero-order valence-electron chi connectivity index (χ0n) is 10.9. The van der Waals surface area contributed by atoms with Crippen molar-refractivity contribution in [2.75, 3.05) is 6.54 Å². The molecule has 0 radical (unpaired) electrons. The van der Waals surface area contributed by atoms with E-state index >= 15 is 0 Å². The molecular formula is C12H21N3O3. The Morgan fingerprint density at radius 2 is 2.28 bits per heavy atom. The summed E-state index contributed by atoms with van der Waals surface area (Å²) in [7, 11) is 0. The second kappa shape index (κ2) is 7.71. The molecule has 1 rings (SSSR count). The van der Waals surface area contributed by atoms with Crippen LogP contribution in [0.4, 0.5) is 0 Å². The number of allylic oxidation sites excluding steroid dienone is 1. The van der Waals surface area contributed by atoms with Gasteiger partial charge in [-0.05, 0) is 33.1 Å². The molecule has 1 aliphatic rings. The third-order valence-corrected chi connectivity index (χ3v) is 2.39. The molecule has 0 saturated carbocycles. The van der Waals surface area contributed by atoms with Gasteiger partial charge in [0.15, 0.2) is 0 Å². The van der Waals surface area contributed by atoms with E-state index in [9.17, 15) is 9.59 Å². The number of ether oxygens (including phenoxy) is 1. The van der Waals surface area contributed by atoms with E-state index in [4.69, 9.17) is 4.74 Å². The third-order valence-electron chi connectivity index (χ3n) is 2.39. The Morgan fingerprint density at radius 1 is 1.50 bits per heavy atom. The van der Waals surface area contributed by atoms with Gasteiger partial charge in [0.25, 0.3) is 0 Å². The maximum atomic E-state index is 11.3. The Kier molecular flexibility index (Phi) is 6.21. The molecule has 0 unspecified atom stereocenters. The maximum Gasteiger partial charge on any atom is 0.306 e. The molecule has 102 valence electrons. The standard InChI is InChI=1S/C12H21N3O3/c1-10(2)18-12(17)6-4-3-5-11-9-15(7-8-16)14-13-11/h8-10,13-14H,3-7H2,1-2H3. The zero-order valence-corrected chi connectivity index (χ0v) is 10.9. The van der Waals surface area contributed by atoms with Crippen LogP contribution in [0.3, 0.4) is 0 Å². The first-order valence-electron chi connectivity index (χ1n) is 6.24. The minimum absolute atomic E-state index is 0.0437. The van der Waals surface area contributed by atoms with Gasteiger partial charge in [-0.25, -0.2) is 0 Å². The van der Waals surface area contributed by atoms with E-state index in [0.29, 0.717) is 13.0 Å². The van der Waals surface area contributed by atoms with Gasteiger partial charge in [0.2, 0.25) is 0 Å². The molecule has 0 fully saturated rings. The molecule has 1 heterocycles. The first kappa shape index (κ1) is 14.5. The molecule has 0 atom stereocenters. The number of carbonyl (C=O) groups excluding carboxylic acids is 2. The molecule has 0 bridgehead atoms. The number of hydrogen-bond donors (Lipinski definition) is 2. The highest BCUT2D eigenvalue weighted by molar-refractivity contribution is 5.69. The SMILES string of the molecule is CC(C)OC(=O)CCCCC1=CN(CC=O)NN1. The number of nitrogens with one attached hydrogen (secondary N) is 2. The minimum atomic E-state index is -0.140. The average molecular weight is 255 g/mol. The van der Waals surface area contributed by atoms with Crippen LogP contribution < -0.4 is 11.0 Å². The maximum absolute atomic E-state index is 11.3. The zero-order chi connectivity index (χ0) is 13.4. The van der Waals surface area contributed by atoms with Crippen molar-refractivity contribution in [3.63, 3.8) is 0 Å². The fraction of sp³-hybridized carbons (Fsp3) is 0.667. The summed E-state index contributed by atoms with van der Waals surface area (Å²) in [5.41, 5.74) is 6.85. The van der Waals surface area contributed by atoms with Crippen molar-refractivity contribution in [3.8, 4) is 0 Å². The number of unbranched alkanes of at least 4 members (excludes halogenated alkanes) is 1. The van der Waals surface area contributed by atoms with Crippen LogP contribution in [0.15, 0.2) is 11.9 Å². The highest BCUT2D eigenvalue weighted by Crippen LogP contribution is 2.10. The molecule has 0 saturated heterocycles. The number of esters is 1. The monoisotopic (exact) mass is 255 g/mol. The number of carbonyl (C=O) groups is 2. The Morgan fingerprint density at radius 3 is 2.94 bits per heavy atom. The van der Waals surface area contributed by atoms with Gasteiger partial charge >= 0.3 is 5.97 Å². The van der Waals surface area contributed by atoms with Crippen LogP contribution in [-0.4, -0.2) is 29.9 Å². The summed E-state index contributed by atoms with van der Waals surface area (Å²) in [5, 5.41) is 1.68. The molecule has 0 spiro atoms. The summed E-state index contributed by atoms with van der Waals surface area (Å²) < 4.78 is 5.04.